The van der Waals surface area contributed by atoms with Crippen molar-refractivity contribution in [1.29, 1.82) is 0 Å². The van der Waals surface area contributed by atoms with Crippen molar-refractivity contribution in [1.82, 2.24) is 0 Å². The lowest BCUT2D eigenvalue weighted by atomic mass is 10.0. The van der Waals surface area contributed by atoms with Crippen LogP contribution in [0.25, 0.3) is 0 Å². The van der Waals surface area contributed by atoms with E-state index in [2.05, 4.69) is 6.58 Å². The Labute approximate surface area is 98.1 Å². The van der Waals surface area contributed by atoms with Crippen LogP contribution in [0.2, 0.25) is 0 Å². The van der Waals surface area contributed by atoms with E-state index in [4.69, 9.17) is 0 Å². The fraction of sp³-hybridized carbons (Fsp3) is 0.333. The van der Waals surface area contributed by atoms with E-state index in [0.29, 0.717) is 6.42 Å². The summed E-state index contributed by atoms with van der Waals surface area (Å²) in [7, 11) is 0. The third kappa shape index (κ3) is 4.03. The SMILES string of the molecule is C=C(C=C(C)C)C[C@H](O)c1ccc(C)cc1. The molecule has 0 saturated heterocycles. The van der Waals surface area contributed by atoms with Gasteiger partial charge in [0, 0.05) is 6.42 Å². The maximum absolute atomic E-state index is 10.0. The van der Waals surface area contributed by atoms with Crippen LogP contribution in [-0.2, 0) is 0 Å². The van der Waals surface area contributed by atoms with E-state index < -0.39 is 6.10 Å². The molecule has 0 heterocycles. The number of hydrogen-bond donors (Lipinski definition) is 1. The molecule has 0 spiro atoms. The molecule has 86 valence electrons. The van der Waals surface area contributed by atoms with Crippen LogP contribution in [0.3, 0.4) is 0 Å². The molecule has 1 nitrogen and oxygen atoms in total. The van der Waals surface area contributed by atoms with Crippen molar-refractivity contribution in [3.05, 3.63) is 59.2 Å². The first-order valence-corrected chi connectivity index (χ1v) is 5.56. The molecule has 0 amide bonds. The van der Waals surface area contributed by atoms with Crippen molar-refractivity contribution in [3.8, 4) is 0 Å². The number of aliphatic hydroxyl groups excluding tert-OH is 1. The zero-order chi connectivity index (χ0) is 12.1. The zero-order valence-electron chi connectivity index (χ0n) is 10.3. The number of hydrogen-bond acceptors (Lipinski definition) is 1. The normalized spacial score (nSPS) is 12.0. The third-order valence-electron chi connectivity index (χ3n) is 2.41. The van der Waals surface area contributed by atoms with Crippen molar-refractivity contribution >= 4 is 0 Å². The standard InChI is InChI=1S/C15H20O/c1-11(2)9-13(4)10-15(16)14-7-5-12(3)6-8-14/h5-9,15-16H,4,10H2,1-3H3/t15-/m0/s1. The van der Waals surface area contributed by atoms with Crippen molar-refractivity contribution in [2.45, 2.75) is 33.3 Å². The molecular weight excluding hydrogens is 196 g/mol. The van der Waals surface area contributed by atoms with E-state index in [1.54, 1.807) is 0 Å². The molecule has 0 unspecified atom stereocenters. The summed E-state index contributed by atoms with van der Waals surface area (Å²) in [4.78, 5) is 0. The molecular formula is C15H20O. The highest BCUT2D eigenvalue weighted by Crippen LogP contribution is 2.21. The molecule has 0 radical (unpaired) electrons. The third-order valence-corrected chi connectivity index (χ3v) is 2.41. The van der Waals surface area contributed by atoms with Crippen LogP contribution in [0.15, 0.2) is 48.1 Å². The molecule has 1 aromatic carbocycles. The fourth-order valence-electron chi connectivity index (χ4n) is 1.62. The van der Waals surface area contributed by atoms with Crippen molar-refractivity contribution < 1.29 is 5.11 Å². The van der Waals surface area contributed by atoms with Gasteiger partial charge in [-0.2, -0.15) is 0 Å². The number of rotatable bonds is 4. The molecule has 0 bridgehead atoms. The van der Waals surface area contributed by atoms with Gasteiger partial charge >= 0.3 is 0 Å². The summed E-state index contributed by atoms with van der Waals surface area (Å²) in [6.07, 6.45) is 2.15. The number of aliphatic hydroxyl groups is 1. The van der Waals surface area contributed by atoms with E-state index in [1.807, 2.05) is 51.1 Å². The Kier molecular flexibility index (Phi) is 4.51. The first kappa shape index (κ1) is 12.7. The largest absolute Gasteiger partial charge is 0.388 e. The Morgan fingerprint density at radius 3 is 2.38 bits per heavy atom. The van der Waals surface area contributed by atoms with Gasteiger partial charge in [0.15, 0.2) is 0 Å². The Bertz CT molecular complexity index is 380. The molecule has 1 N–H and O–H groups in total. The highest BCUT2D eigenvalue weighted by atomic mass is 16.3. The lowest BCUT2D eigenvalue weighted by Crippen LogP contribution is -1.98. The maximum Gasteiger partial charge on any atom is 0.0830 e. The van der Waals surface area contributed by atoms with Gasteiger partial charge in [-0.05, 0) is 26.3 Å². The van der Waals surface area contributed by atoms with Gasteiger partial charge in [-0.15, -0.1) is 0 Å². The van der Waals surface area contributed by atoms with Crippen molar-refractivity contribution in [2.24, 2.45) is 0 Å². The number of benzene rings is 1. The molecule has 1 heteroatoms. The number of allylic oxidation sites excluding steroid dienone is 2. The summed E-state index contributed by atoms with van der Waals surface area (Å²) in [5, 5.41) is 10.0. The van der Waals surface area contributed by atoms with E-state index >= 15 is 0 Å². The monoisotopic (exact) mass is 216 g/mol. The molecule has 0 aromatic heterocycles. The Morgan fingerprint density at radius 1 is 1.31 bits per heavy atom. The summed E-state index contributed by atoms with van der Waals surface area (Å²) >= 11 is 0. The van der Waals surface area contributed by atoms with Crippen LogP contribution in [0.1, 0.15) is 37.5 Å². The van der Waals surface area contributed by atoms with Crippen LogP contribution in [-0.4, -0.2) is 5.11 Å². The molecule has 0 aliphatic carbocycles. The molecule has 0 saturated carbocycles. The average Bonchev–Trinajstić information content (AvgIpc) is 2.16. The lowest BCUT2D eigenvalue weighted by molar-refractivity contribution is 0.179. The Balaban J connectivity index is 2.65. The lowest BCUT2D eigenvalue weighted by Gasteiger charge is -2.11. The smallest absolute Gasteiger partial charge is 0.0830 e. The zero-order valence-corrected chi connectivity index (χ0v) is 10.3. The minimum Gasteiger partial charge on any atom is -0.388 e. The van der Waals surface area contributed by atoms with Gasteiger partial charge in [0.05, 0.1) is 6.10 Å². The quantitative estimate of drug-likeness (QED) is 0.756. The second-order valence-corrected chi connectivity index (χ2v) is 4.51. The van der Waals surface area contributed by atoms with Gasteiger partial charge in [0.25, 0.3) is 0 Å². The van der Waals surface area contributed by atoms with Crippen molar-refractivity contribution in [3.63, 3.8) is 0 Å². The Hall–Kier alpha value is -1.34. The summed E-state index contributed by atoms with van der Waals surface area (Å²) in [5.41, 5.74) is 4.34. The van der Waals surface area contributed by atoms with Gasteiger partial charge in [-0.25, -0.2) is 0 Å². The Morgan fingerprint density at radius 2 is 1.88 bits per heavy atom. The summed E-state index contributed by atoms with van der Waals surface area (Å²) in [5.74, 6) is 0. The van der Waals surface area contributed by atoms with E-state index in [0.717, 1.165) is 11.1 Å². The molecule has 1 aromatic rings. The summed E-state index contributed by atoms with van der Waals surface area (Å²) < 4.78 is 0. The molecule has 16 heavy (non-hydrogen) atoms. The second-order valence-electron chi connectivity index (χ2n) is 4.51. The minimum absolute atomic E-state index is 0.455. The van der Waals surface area contributed by atoms with Crippen LogP contribution >= 0.6 is 0 Å². The first-order valence-electron chi connectivity index (χ1n) is 5.56. The van der Waals surface area contributed by atoms with E-state index in [1.165, 1.54) is 11.1 Å². The molecule has 0 fully saturated rings. The van der Waals surface area contributed by atoms with E-state index in [-0.39, 0.29) is 0 Å². The fourth-order valence-corrected chi connectivity index (χ4v) is 1.62. The first-order chi connectivity index (χ1) is 7.49. The molecule has 0 aliphatic heterocycles. The molecule has 0 aliphatic rings. The predicted octanol–water partition coefficient (Wildman–Crippen LogP) is 3.94. The predicted molar refractivity (Wildman–Crippen MR) is 69.3 cm³/mol. The summed E-state index contributed by atoms with van der Waals surface area (Å²) in [6, 6.07) is 7.97. The van der Waals surface area contributed by atoms with Gasteiger partial charge in [0.1, 0.15) is 0 Å². The minimum atomic E-state index is -0.455. The van der Waals surface area contributed by atoms with Crippen LogP contribution in [0.4, 0.5) is 0 Å². The average molecular weight is 216 g/mol. The second kappa shape index (κ2) is 5.66. The van der Waals surface area contributed by atoms with Crippen LogP contribution < -0.4 is 0 Å². The van der Waals surface area contributed by atoms with Crippen molar-refractivity contribution in [2.75, 3.05) is 0 Å². The van der Waals surface area contributed by atoms with E-state index in [9.17, 15) is 5.11 Å². The van der Waals surface area contributed by atoms with Crippen LogP contribution in [0, 0.1) is 6.92 Å². The maximum atomic E-state index is 10.0. The van der Waals surface area contributed by atoms with Crippen LogP contribution in [0.5, 0.6) is 0 Å². The number of aryl methyl sites for hydroxylation is 1. The van der Waals surface area contributed by atoms with Gasteiger partial charge in [0.2, 0.25) is 0 Å². The molecule has 1 atom stereocenters. The molecule has 1 rings (SSSR count). The van der Waals surface area contributed by atoms with Gasteiger partial charge in [-0.3, -0.25) is 0 Å². The van der Waals surface area contributed by atoms with Gasteiger partial charge in [-0.1, -0.05) is 53.6 Å². The van der Waals surface area contributed by atoms with Gasteiger partial charge < -0.3 is 5.11 Å². The topological polar surface area (TPSA) is 20.2 Å². The summed E-state index contributed by atoms with van der Waals surface area (Å²) in [6.45, 7) is 10.0. The highest BCUT2D eigenvalue weighted by Gasteiger charge is 2.07. The highest BCUT2D eigenvalue weighted by molar-refractivity contribution is 5.26.